The Morgan fingerprint density at radius 1 is 1.00 bits per heavy atom. The summed E-state index contributed by atoms with van der Waals surface area (Å²) in [5.74, 6) is -0.337. The monoisotopic (exact) mass is 269 g/mol. The second kappa shape index (κ2) is 5.05. The van der Waals surface area contributed by atoms with Crippen molar-refractivity contribution in [3.8, 4) is 0 Å². The quantitative estimate of drug-likeness (QED) is 0.870. The third kappa shape index (κ3) is 2.78. The fraction of sp³-hybridized carbons (Fsp3) is 0.0769. The average Bonchev–Trinajstić information content (AvgIpc) is 2.27. The van der Waals surface area contributed by atoms with E-state index in [0.717, 1.165) is 0 Å². The molecule has 2 aromatic rings. The Kier molecular flexibility index (Phi) is 3.67. The van der Waals surface area contributed by atoms with E-state index in [0.29, 0.717) is 21.2 Å². The van der Waals surface area contributed by atoms with Crippen LogP contribution in [-0.4, -0.2) is 0 Å². The van der Waals surface area contributed by atoms with Gasteiger partial charge in [0.2, 0.25) is 0 Å². The zero-order chi connectivity index (χ0) is 12.4. The first-order valence-corrected chi connectivity index (χ1v) is 5.79. The predicted octanol–water partition coefficient (Wildman–Crippen LogP) is 4.18. The Balaban J connectivity index is 2.43. The Morgan fingerprint density at radius 3 is 2.18 bits per heavy atom. The number of nitrogens with two attached hydrogens (primary N) is 1. The molecule has 2 N–H and O–H groups in total. The molecule has 0 aromatic heterocycles. The number of halogens is 3. The Labute approximate surface area is 109 Å². The first kappa shape index (κ1) is 12.4. The largest absolute Gasteiger partial charge is 0.320 e. The van der Waals surface area contributed by atoms with Crippen LogP contribution in [0, 0.1) is 5.82 Å². The van der Waals surface area contributed by atoms with Gasteiger partial charge in [0.25, 0.3) is 0 Å². The van der Waals surface area contributed by atoms with Crippen molar-refractivity contribution in [2.75, 3.05) is 0 Å². The van der Waals surface area contributed by atoms with Gasteiger partial charge < -0.3 is 5.73 Å². The molecule has 2 aromatic carbocycles. The predicted molar refractivity (Wildman–Crippen MR) is 68.9 cm³/mol. The standard InChI is InChI=1S/C13H10Cl2FN/c14-9-5-8(6-10(15)7-9)13(17)11-3-1-2-4-12(11)16/h1-7,13H,17H2. The van der Waals surface area contributed by atoms with Crippen molar-refractivity contribution in [2.45, 2.75) is 6.04 Å². The van der Waals surface area contributed by atoms with Crippen LogP contribution in [0.25, 0.3) is 0 Å². The summed E-state index contributed by atoms with van der Waals surface area (Å²) < 4.78 is 13.6. The highest BCUT2D eigenvalue weighted by molar-refractivity contribution is 6.34. The van der Waals surface area contributed by atoms with Crippen LogP contribution in [-0.2, 0) is 0 Å². The average molecular weight is 270 g/mol. The smallest absolute Gasteiger partial charge is 0.128 e. The van der Waals surface area contributed by atoms with Crippen molar-refractivity contribution in [1.29, 1.82) is 0 Å². The minimum absolute atomic E-state index is 0.337. The highest BCUT2D eigenvalue weighted by atomic mass is 35.5. The lowest BCUT2D eigenvalue weighted by Gasteiger charge is -2.14. The normalized spacial score (nSPS) is 12.5. The van der Waals surface area contributed by atoms with Gasteiger partial charge in [0.15, 0.2) is 0 Å². The molecule has 2 rings (SSSR count). The molecule has 0 spiro atoms. The molecule has 0 bridgehead atoms. The van der Waals surface area contributed by atoms with Crippen LogP contribution in [0.2, 0.25) is 10.0 Å². The molecule has 0 radical (unpaired) electrons. The summed E-state index contributed by atoms with van der Waals surface area (Å²) in [6.07, 6.45) is 0. The van der Waals surface area contributed by atoms with Crippen molar-refractivity contribution >= 4 is 23.2 Å². The summed E-state index contributed by atoms with van der Waals surface area (Å²) in [5, 5.41) is 0.971. The molecule has 1 unspecified atom stereocenters. The minimum Gasteiger partial charge on any atom is -0.320 e. The number of rotatable bonds is 2. The van der Waals surface area contributed by atoms with Gasteiger partial charge in [0.1, 0.15) is 5.82 Å². The fourth-order valence-electron chi connectivity index (χ4n) is 1.66. The molecule has 88 valence electrons. The summed E-state index contributed by atoms with van der Waals surface area (Å²) in [7, 11) is 0. The molecule has 0 aliphatic heterocycles. The fourth-order valence-corrected chi connectivity index (χ4v) is 2.20. The Bertz CT molecular complexity index is 522. The maximum Gasteiger partial charge on any atom is 0.128 e. The van der Waals surface area contributed by atoms with Crippen LogP contribution in [0.5, 0.6) is 0 Å². The van der Waals surface area contributed by atoms with E-state index >= 15 is 0 Å². The maximum atomic E-state index is 13.6. The zero-order valence-corrected chi connectivity index (χ0v) is 10.3. The maximum absolute atomic E-state index is 13.6. The van der Waals surface area contributed by atoms with Crippen molar-refractivity contribution in [3.05, 3.63) is 69.5 Å². The molecular formula is C13H10Cl2FN. The summed E-state index contributed by atoms with van der Waals surface area (Å²) >= 11 is 11.8. The molecule has 0 fully saturated rings. The van der Waals surface area contributed by atoms with E-state index in [1.807, 2.05) is 0 Å². The van der Waals surface area contributed by atoms with Crippen LogP contribution >= 0.6 is 23.2 Å². The van der Waals surface area contributed by atoms with Gasteiger partial charge in [0, 0.05) is 15.6 Å². The lowest BCUT2D eigenvalue weighted by Crippen LogP contribution is -2.13. The van der Waals surface area contributed by atoms with Gasteiger partial charge in [-0.3, -0.25) is 0 Å². The van der Waals surface area contributed by atoms with E-state index in [1.54, 1.807) is 36.4 Å². The molecule has 0 saturated heterocycles. The van der Waals surface area contributed by atoms with Crippen LogP contribution in [0.15, 0.2) is 42.5 Å². The van der Waals surface area contributed by atoms with Gasteiger partial charge in [-0.2, -0.15) is 0 Å². The first-order valence-electron chi connectivity index (χ1n) is 5.04. The van der Waals surface area contributed by atoms with Gasteiger partial charge in [-0.15, -0.1) is 0 Å². The van der Waals surface area contributed by atoms with E-state index in [4.69, 9.17) is 28.9 Å². The van der Waals surface area contributed by atoms with Gasteiger partial charge in [0.05, 0.1) is 6.04 Å². The molecule has 0 aliphatic rings. The van der Waals surface area contributed by atoms with Gasteiger partial charge in [-0.25, -0.2) is 4.39 Å². The van der Waals surface area contributed by atoms with Gasteiger partial charge in [-0.05, 0) is 29.8 Å². The molecule has 0 amide bonds. The van der Waals surface area contributed by atoms with Crippen LogP contribution < -0.4 is 5.73 Å². The zero-order valence-electron chi connectivity index (χ0n) is 8.83. The molecule has 17 heavy (non-hydrogen) atoms. The second-order valence-corrected chi connectivity index (χ2v) is 4.57. The highest BCUT2D eigenvalue weighted by Crippen LogP contribution is 2.27. The number of benzene rings is 2. The van der Waals surface area contributed by atoms with Crippen molar-refractivity contribution in [3.63, 3.8) is 0 Å². The summed E-state index contributed by atoms with van der Waals surface area (Å²) in [6, 6.07) is 10.8. The molecule has 4 heteroatoms. The Hall–Kier alpha value is -1.09. The molecule has 0 saturated carbocycles. The van der Waals surface area contributed by atoms with Crippen molar-refractivity contribution in [1.82, 2.24) is 0 Å². The third-order valence-corrected chi connectivity index (χ3v) is 2.92. The lowest BCUT2D eigenvalue weighted by atomic mass is 9.99. The molecule has 0 aliphatic carbocycles. The minimum atomic E-state index is -0.576. The Morgan fingerprint density at radius 2 is 1.59 bits per heavy atom. The van der Waals surface area contributed by atoms with E-state index in [2.05, 4.69) is 0 Å². The van der Waals surface area contributed by atoms with E-state index in [9.17, 15) is 4.39 Å². The molecular weight excluding hydrogens is 260 g/mol. The third-order valence-electron chi connectivity index (χ3n) is 2.48. The topological polar surface area (TPSA) is 26.0 Å². The molecule has 1 nitrogen and oxygen atoms in total. The summed E-state index contributed by atoms with van der Waals surface area (Å²) in [4.78, 5) is 0. The number of hydrogen-bond acceptors (Lipinski definition) is 1. The van der Waals surface area contributed by atoms with E-state index in [-0.39, 0.29) is 5.82 Å². The van der Waals surface area contributed by atoms with Crippen LogP contribution in [0.3, 0.4) is 0 Å². The lowest BCUT2D eigenvalue weighted by molar-refractivity contribution is 0.599. The molecule has 1 atom stereocenters. The summed E-state index contributed by atoms with van der Waals surface area (Å²) in [5.41, 5.74) is 7.11. The SMILES string of the molecule is NC(c1cc(Cl)cc(Cl)c1)c1ccccc1F. The number of hydrogen-bond donors (Lipinski definition) is 1. The van der Waals surface area contributed by atoms with Gasteiger partial charge >= 0.3 is 0 Å². The first-order chi connectivity index (χ1) is 8.08. The molecule has 0 heterocycles. The van der Waals surface area contributed by atoms with Crippen molar-refractivity contribution < 1.29 is 4.39 Å². The highest BCUT2D eigenvalue weighted by Gasteiger charge is 2.13. The van der Waals surface area contributed by atoms with Crippen molar-refractivity contribution in [2.24, 2.45) is 5.73 Å². The van der Waals surface area contributed by atoms with E-state index in [1.165, 1.54) is 6.07 Å². The second-order valence-electron chi connectivity index (χ2n) is 3.70. The van der Waals surface area contributed by atoms with E-state index < -0.39 is 6.04 Å². The van der Waals surface area contributed by atoms with Crippen LogP contribution in [0.1, 0.15) is 17.2 Å². The van der Waals surface area contributed by atoms with Gasteiger partial charge in [-0.1, -0.05) is 41.4 Å². The summed E-state index contributed by atoms with van der Waals surface area (Å²) in [6.45, 7) is 0. The van der Waals surface area contributed by atoms with Crippen LogP contribution in [0.4, 0.5) is 4.39 Å².